The molecule has 9 heteroatoms. The molecule has 0 saturated carbocycles. The van der Waals surface area contributed by atoms with Gasteiger partial charge in [-0.25, -0.2) is 14.7 Å². The maximum absolute atomic E-state index is 12.0. The van der Waals surface area contributed by atoms with E-state index in [1.165, 1.54) is 6.42 Å². The highest BCUT2D eigenvalue weighted by molar-refractivity contribution is 5.85. The Bertz CT molecular complexity index is 665. The highest BCUT2D eigenvalue weighted by Gasteiger charge is 2.25. The Balaban J connectivity index is 1.67. The van der Waals surface area contributed by atoms with E-state index in [1.54, 1.807) is 19.0 Å². The van der Waals surface area contributed by atoms with E-state index in [9.17, 15) is 4.79 Å². The third-order valence-electron chi connectivity index (χ3n) is 4.93. The van der Waals surface area contributed by atoms with Crippen LogP contribution >= 0.6 is 0 Å². The van der Waals surface area contributed by atoms with Gasteiger partial charge in [-0.2, -0.15) is 5.10 Å². The van der Waals surface area contributed by atoms with Crippen LogP contribution in [0.4, 0.5) is 0 Å². The van der Waals surface area contributed by atoms with Crippen LogP contribution < -0.4 is 10.6 Å². The van der Waals surface area contributed by atoms with Gasteiger partial charge >= 0.3 is 0 Å². The molecule has 1 fully saturated rings. The van der Waals surface area contributed by atoms with Crippen molar-refractivity contribution in [1.82, 2.24) is 30.3 Å². The van der Waals surface area contributed by atoms with E-state index in [0.717, 1.165) is 50.5 Å². The van der Waals surface area contributed by atoms with Gasteiger partial charge < -0.3 is 20.3 Å². The summed E-state index contributed by atoms with van der Waals surface area (Å²) in [7, 11) is 3.47. The molecule has 2 N–H and O–H groups in total. The SMILES string of the molecule is Cc1nc2n(n1)CCCC2NC(=NCC(=O)N(C)C)NCC1CCCCO1. The minimum Gasteiger partial charge on any atom is -0.376 e. The molecule has 150 valence electrons. The molecule has 1 aromatic heterocycles. The monoisotopic (exact) mass is 377 g/mol. The number of carbonyl (C=O) groups is 1. The number of aliphatic imine (C=N–C) groups is 1. The molecule has 3 heterocycles. The molecule has 3 rings (SSSR count). The van der Waals surface area contributed by atoms with Gasteiger partial charge in [0.05, 0.1) is 12.1 Å². The summed E-state index contributed by atoms with van der Waals surface area (Å²) in [6.45, 7) is 4.40. The van der Waals surface area contributed by atoms with Crippen LogP contribution in [0.2, 0.25) is 0 Å². The molecule has 0 spiro atoms. The van der Waals surface area contributed by atoms with Crippen LogP contribution in [-0.4, -0.2) is 71.4 Å². The fraction of sp³-hybridized carbons (Fsp3) is 0.778. The third-order valence-corrected chi connectivity index (χ3v) is 4.93. The summed E-state index contributed by atoms with van der Waals surface area (Å²) in [6.07, 6.45) is 5.55. The first-order valence-corrected chi connectivity index (χ1v) is 9.81. The van der Waals surface area contributed by atoms with Gasteiger partial charge in [0, 0.05) is 33.8 Å². The summed E-state index contributed by atoms with van der Waals surface area (Å²) in [5, 5.41) is 11.3. The lowest BCUT2D eigenvalue weighted by Crippen LogP contribution is -2.45. The second kappa shape index (κ2) is 9.16. The molecular formula is C18H31N7O2. The van der Waals surface area contributed by atoms with Crippen molar-refractivity contribution in [3.63, 3.8) is 0 Å². The molecule has 2 aliphatic heterocycles. The van der Waals surface area contributed by atoms with Crippen LogP contribution in [-0.2, 0) is 16.1 Å². The Morgan fingerprint density at radius 3 is 2.93 bits per heavy atom. The number of guanidine groups is 1. The van der Waals surface area contributed by atoms with Gasteiger partial charge in [0.15, 0.2) is 5.96 Å². The number of likely N-dealkylation sites (N-methyl/N-ethyl adjacent to an activating group) is 1. The normalized spacial score (nSPS) is 22.9. The second-order valence-corrected chi connectivity index (χ2v) is 7.40. The van der Waals surface area contributed by atoms with Crippen LogP contribution in [0.15, 0.2) is 4.99 Å². The van der Waals surface area contributed by atoms with E-state index in [1.807, 2.05) is 11.6 Å². The molecule has 0 bridgehead atoms. The van der Waals surface area contributed by atoms with E-state index >= 15 is 0 Å². The van der Waals surface area contributed by atoms with Crippen molar-refractivity contribution in [3.8, 4) is 0 Å². The summed E-state index contributed by atoms with van der Waals surface area (Å²) in [6, 6.07) is 0.0351. The summed E-state index contributed by atoms with van der Waals surface area (Å²) in [4.78, 5) is 22.6. The fourth-order valence-corrected chi connectivity index (χ4v) is 3.39. The predicted molar refractivity (Wildman–Crippen MR) is 102 cm³/mol. The minimum absolute atomic E-state index is 0.0346. The average molecular weight is 377 g/mol. The first-order valence-electron chi connectivity index (χ1n) is 9.81. The molecule has 2 aliphatic rings. The molecule has 1 aromatic rings. The molecular weight excluding hydrogens is 346 g/mol. The number of hydrogen-bond donors (Lipinski definition) is 2. The van der Waals surface area contributed by atoms with Gasteiger partial charge in [-0.3, -0.25) is 4.79 Å². The van der Waals surface area contributed by atoms with E-state index < -0.39 is 0 Å². The van der Waals surface area contributed by atoms with Crippen molar-refractivity contribution in [2.45, 2.75) is 57.7 Å². The lowest BCUT2D eigenvalue weighted by atomic mass is 10.1. The molecule has 0 aromatic carbocycles. The summed E-state index contributed by atoms with van der Waals surface area (Å²) in [5.41, 5.74) is 0. The van der Waals surface area contributed by atoms with Crippen molar-refractivity contribution in [2.75, 3.05) is 33.8 Å². The number of nitrogens with zero attached hydrogens (tertiary/aromatic N) is 5. The molecule has 9 nitrogen and oxygen atoms in total. The van der Waals surface area contributed by atoms with Crippen LogP contribution in [0.25, 0.3) is 0 Å². The van der Waals surface area contributed by atoms with Crippen LogP contribution in [0.5, 0.6) is 0 Å². The number of aryl methyl sites for hydroxylation is 2. The van der Waals surface area contributed by atoms with Crippen LogP contribution in [0.3, 0.4) is 0 Å². The lowest BCUT2D eigenvalue weighted by molar-refractivity contribution is -0.127. The van der Waals surface area contributed by atoms with Crippen LogP contribution in [0.1, 0.15) is 49.8 Å². The number of carbonyl (C=O) groups excluding carboxylic acids is 1. The molecule has 2 atom stereocenters. The largest absolute Gasteiger partial charge is 0.376 e. The molecule has 1 saturated heterocycles. The first kappa shape index (κ1) is 19.6. The second-order valence-electron chi connectivity index (χ2n) is 7.40. The molecule has 0 aliphatic carbocycles. The third kappa shape index (κ3) is 5.41. The molecule has 27 heavy (non-hydrogen) atoms. The van der Waals surface area contributed by atoms with Gasteiger partial charge in [-0.15, -0.1) is 0 Å². The maximum Gasteiger partial charge on any atom is 0.243 e. The predicted octanol–water partition coefficient (Wildman–Crippen LogP) is 0.614. The smallest absolute Gasteiger partial charge is 0.243 e. The van der Waals surface area contributed by atoms with Crippen LogP contribution in [0, 0.1) is 6.92 Å². The van der Waals surface area contributed by atoms with E-state index in [2.05, 4.69) is 25.7 Å². The summed E-state index contributed by atoms with van der Waals surface area (Å²) < 4.78 is 7.76. The van der Waals surface area contributed by atoms with Crippen molar-refractivity contribution < 1.29 is 9.53 Å². The average Bonchev–Trinajstić information content (AvgIpc) is 3.05. The first-order chi connectivity index (χ1) is 13.0. The Labute approximate surface area is 160 Å². The van der Waals surface area contributed by atoms with E-state index in [4.69, 9.17) is 4.74 Å². The zero-order valence-corrected chi connectivity index (χ0v) is 16.6. The maximum atomic E-state index is 12.0. The number of amides is 1. The Morgan fingerprint density at radius 1 is 1.33 bits per heavy atom. The lowest BCUT2D eigenvalue weighted by Gasteiger charge is -2.27. The van der Waals surface area contributed by atoms with Crippen molar-refractivity contribution >= 4 is 11.9 Å². The highest BCUT2D eigenvalue weighted by Crippen LogP contribution is 2.22. The molecule has 0 radical (unpaired) electrons. The minimum atomic E-state index is -0.0346. The number of rotatable bonds is 5. The number of hydrogen-bond acceptors (Lipinski definition) is 5. The Kier molecular flexibility index (Phi) is 6.65. The van der Waals surface area contributed by atoms with Gasteiger partial charge in [-0.05, 0) is 39.0 Å². The molecule has 1 amide bonds. The fourth-order valence-electron chi connectivity index (χ4n) is 3.39. The topological polar surface area (TPSA) is 96.7 Å². The number of fused-ring (bicyclic) bond motifs is 1. The molecule has 2 unspecified atom stereocenters. The standard InChI is InChI=1S/C18H31N7O2/c1-13-21-17-15(8-6-9-25(17)23-13)22-18(20-12-16(26)24(2)3)19-11-14-7-4-5-10-27-14/h14-15H,4-12H2,1-3H3,(H2,19,20,22). The zero-order chi connectivity index (χ0) is 19.2. The number of ether oxygens (including phenoxy) is 1. The number of aromatic nitrogens is 3. The summed E-state index contributed by atoms with van der Waals surface area (Å²) in [5.74, 6) is 2.30. The highest BCUT2D eigenvalue weighted by atomic mass is 16.5. The van der Waals surface area contributed by atoms with Crippen molar-refractivity contribution in [1.29, 1.82) is 0 Å². The van der Waals surface area contributed by atoms with Gasteiger partial charge in [-0.1, -0.05) is 0 Å². The van der Waals surface area contributed by atoms with Gasteiger partial charge in [0.25, 0.3) is 0 Å². The van der Waals surface area contributed by atoms with Crippen molar-refractivity contribution in [3.05, 3.63) is 11.6 Å². The van der Waals surface area contributed by atoms with Gasteiger partial charge in [0.2, 0.25) is 5.91 Å². The Morgan fingerprint density at radius 2 is 2.19 bits per heavy atom. The van der Waals surface area contributed by atoms with Gasteiger partial charge in [0.1, 0.15) is 18.2 Å². The number of nitrogens with one attached hydrogen (secondary N) is 2. The Hall–Kier alpha value is -2.16. The van der Waals surface area contributed by atoms with E-state index in [-0.39, 0.29) is 24.6 Å². The summed E-state index contributed by atoms with van der Waals surface area (Å²) >= 11 is 0. The quantitative estimate of drug-likeness (QED) is 0.577. The van der Waals surface area contributed by atoms with E-state index in [0.29, 0.717) is 12.5 Å². The zero-order valence-electron chi connectivity index (χ0n) is 16.6. The van der Waals surface area contributed by atoms with Crippen molar-refractivity contribution in [2.24, 2.45) is 4.99 Å².